The van der Waals surface area contributed by atoms with Crippen molar-refractivity contribution in [1.29, 1.82) is 0 Å². The molecule has 0 unspecified atom stereocenters. The van der Waals surface area contributed by atoms with E-state index in [4.69, 9.17) is 22.1 Å². The maximum Gasteiger partial charge on any atom is 0.223 e. The van der Waals surface area contributed by atoms with E-state index in [9.17, 15) is 0 Å². The van der Waals surface area contributed by atoms with Crippen molar-refractivity contribution in [2.75, 3.05) is 12.3 Å². The van der Waals surface area contributed by atoms with Gasteiger partial charge in [-0.05, 0) is 38.5 Å². The molecular formula is C33H38ClN5OSi. The molecule has 2 heterocycles. The van der Waals surface area contributed by atoms with E-state index in [0.717, 1.165) is 13.0 Å². The molecule has 0 bridgehead atoms. The molecule has 0 aliphatic heterocycles. The minimum atomic E-state index is -2.46. The Morgan fingerprint density at radius 3 is 2.15 bits per heavy atom. The van der Waals surface area contributed by atoms with Crippen molar-refractivity contribution in [1.82, 2.24) is 19.5 Å². The number of nitrogens with two attached hydrogens (primary N) is 1. The highest BCUT2D eigenvalue weighted by molar-refractivity contribution is 7.13. The number of ether oxygens (including phenoxy) is 1. The van der Waals surface area contributed by atoms with Gasteiger partial charge in [0, 0.05) is 13.2 Å². The Morgan fingerprint density at radius 2 is 1.51 bits per heavy atom. The van der Waals surface area contributed by atoms with Gasteiger partial charge in [0.1, 0.15) is 5.52 Å². The van der Waals surface area contributed by atoms with Gasteiger partial charge in [-0.1, -0.05) is 124 Å². The van der Waals surface area contributed by atoms with Crippen LogP contribution in [-0.2, 0) is 17.9 Å². The molecule has 2 N–H and O–H groups in total. The third-order valence-corrected chi connectivity index (χ3v) is 14.1. The predicted molar refractivity (Wildman–Crippen MR) is 172 cm³/mol. The molecule has 212 valence electrons. The molecule has 0 amide bonds. The number of imidazole rings is 1. The summed E-state index contributed by atoms with van der Waals surface area (Å²) in [6, 6.07) is 31.0. The fourth-order valence-electron chi connectivity index (χ4n) is 6.04. The fourth-order valence-corrected chi connectivity index (χ4v) is 12.1. The fraction of sp³-hybridized carbons (Fsp3) is 0.303. The Bertz CT molecular complexity index is 1560. The number of nitrogen functional groups attached to an aromatic ring is 1. The number of anilines is 1. The Labute approximate surface area is 248 Å². The molecule has 0 saturated heterocycles. The van der Waals surface area contributed by atoms with Crippen LogP contribution in [0.1, 0.15) is 39.7 Å². The number of aryl methyl sites for hydroxylation is 1. The maximum absolute atomic E-state index is 6.43. The molecule has 0 aliphatic rings. The first-order chi connectivity index (χ1) is 19.7. The summed E-state index contributed by atoms with van der Waals surface area (Å²) in [7, 11) is -2.46. The first kappa shape index (κ1) is 29.0. The molecule has 8 heteroatoms. The third kappa shape index (κ3) is 5.80. The summed E-state index contributed by atoms with van der Waals surface area (Å²) in [6.07, 6.45) is 2.65. The van der Waals surface area contributed by atoms with Crippen LogP contribution in [-0.4, -0.2) is 34.2 Å². The summed E-state index contributed by atoms with van der Waals surface area (Å²) in [5, 5.41) is 4.54. The molecule has 1 atom stereocenters. The molecule has 5 rings (SSSR count). The van der Waals surface area contributed by atoms with Crippen LogP contribution in [0.25, 0.3) is 11.2 Å². The lowest BCUT2D eigenvalue weighted by Crippen LogP contribution is -2.72. The first-order valence-corrected chi connectivity index (χ1v) is 16.5. The number of nitrogens with zero attached hydrogens (tertiary/aromatic N) is 4. The van der Waals surface area contributed by atoms with Crippen LogP contribution in [0.15, 0.2) is 91.3 Å². The van der Waals surface area contributed by atoms with Crippen LogP contribution in [0.5, 0.6) is 0 Å². The highest BCUT2D eigenvalue weighted by Gasteiger charge is 2.49. The van der Waals surface area contributed by atoms with E-state index >= 15 is 0 Å². The normalized spacial score (nSPS) is 13.0. The van der Waals surface area contributed by atoms with Gasteiger partial charge < -0.3 is 15.0 Å². The summed E-state index contributed by atoms with van der Waals surface area (Å²) in [4.78, 5) is 12.7. The standard InChI is InChI=1S/C33H38ClN5OSi/c1-24(19-20-39-23-36-29-30(34)37-32(35)38-31(29)39)21-40-22-25-13-11-12-18-28(25)41(33(2,3)4,26-14-7-5-8-15-26)27-16-9-6-10-17-27/h5-18,23-24H,19-22H2,1-4H3,(H2,35,37,38)/t24-/m0/s1. The van der Waals surface area contributed by atoms with Gasteiger partial charge >= 0.3 is 0 Å². The molecule has 0 spiro atoms. The lowest BCUT2D eigenvalue weighted by Gasteiger charge is -2.45. The summed E-state index contributed by atoms with van der Waals surface area (Å²) >= 11 is 6.19. The van der Waals surface area contributed by atoms with Crippen molar-refractivity contribution < 1.29 is 4.74 Å². The molecule has 5 aromatic rings. The molecule has 6 nitrogen and oxygen atoms in total. The average Bonchev–Trinajstić information content (AvgIpc) is 3.36. The molecular weight excluding hydrogens is 546 g/mol. The summed E-state index contributed by atoms with van der Waals surface area (Å²) < 4.78 is 8.41. The Kier molecular flexibility index (Phi) is 8.59. The Morgan fingerprint density at radius 1 is 0.902 bits per heavy atom. The van der Waals surface area contributed by atoms with Gasteiger partial charge in [-0.25, -0.2) is 4.98 Å². The molecule has 0 radical (unpaired) electrons. The minimum Gasteiger partial charge on any atom is -0.377 e. The van der Waals surface area contributed by atoms with Gasteiger partial charge in [0.2, 0.25) is 5.95 Å². The quantitative estimate of drug-likeness (QED) is 0.132. The average molecular weight is 584 g/mol. The van der Waals surface area contributed by atoms with Crippen molar-refractivity contribution in [3.63, 3.8) is 0 Å². The van der Waals surface area contributed by atoms with Crippen LogP contribution in [0.2, 0.25) is 10.2 Å². The maximum atomic E-state index is 6.43. The van der Waals surface area contributed by atoms with Gasteiger partial charge in [0.05, 0.1) is 12.9 Å². The van der Waals surface area contributed by atoms with Crippen molar-refractivity contribution >= 4 is 52.3 Å². The van der Waals surface area contributed by atoms with E-state index in [1.165, 1.54) is 21.1 Å². The zero-order valence-corrected chi connectivity index (χ0v) is 26.0. The highest BCUT2D eigenvalue weighted by Crippen LogP contribution is 2.36. The second-order valence-corrected chi connectivity index (χ2v) is 16.8. The minimum absolute atomic E-state index is 0.0164. The van der Waals surface area contributed by atoms with E-state index in [1.807, 2.05) is 4.57 Å². The zero-order chi connectivity index (χ0) is 29.0. The van der Waals surface area contributed by atoms with Crippen molar-refractivity contribution in [3.05, 3.63) is 102 Å². The largest absolute Gasteiger partial charge is 0.377 e. The Balaban J connectivity index is 1.37. The number of hydrogen-bond donors (Lipinski definition) is 1. The highest BCUT2D eigenvalue weighted by atomic mass is 35.5. The van der Waals surface area contributed by atoms with Crippen LogP contribution >= 0.6 is 11.6 Å². The van der Waals surface area contributed by atoms with Crippen LogP contribution in [0.4, 0.5) is 5.95 Å². The SMILES string of the molecule is C[C@@H](CCn1cnc2c(Cl)nc(N)nc21)COCc1ccccc1[Si](c1ccccc1)(c1ccccc1)C(C)(C)C. The van der Waals surface area contributed by atoms with Crippen LogP contribution in [0.3, 0.4) is 0 Å². The lowest BCUT2D eigenvalue weighted by molar-refractivity contribution is 0.0887. The van der Waals surface area contributed by atoms with Gasteiger partial charge in [-0.3, -0.25) is 0 Å². The van der Waals surface area contributed by atoms with Crippen molar-refractivity contribution in [2.45, 2.75) is 52.3 Å². The first-order valence-electron chi connectivity index (χ1n) is 14.1. The van der Waals surface area contributed by atoms with E-state index in [-0.39, 0.29) is 16.1 Å². The van der Waals surface area contributed by atoms with E-state index in [0.29, 0.717) is 30.3 Å². The molecule has 0 aliphatic carbocycles. The number of rotatable bonds is 10. The lowest BCUT2D eigenvalue weighted by atomic mass is 10.1. The number of fused-ring (bicyclic) bond motifs is 1. The molecule has 2 aromatic heterocycles. The monoisotopic (exact) mass is 583 g/mol. The van der Waals surface area contributed by atoms with Gasteiger partial charge in [0.15, 0.2) is 18.9 Å². The third-order valence-electron chi connectivity index (χ3n) is 7.92. The van der Waals surface area contributed by atoms with Crippen molar-refractivity contribution in [3.8, 4) is 0 Å². The predicted octanol–water partition coefficient (Wildman–Crippen LogP) is 5.58. The smallest absolute Gasteiger partial charge is 0.223 e. The summed E-state index contributed by atoms with van der Waals surface area (Å²) in [5.41, 5.74) is 8.30. The van der Waals surface area contributed by atoms with Crippen LogP contribution in [0, 0.1) is 5.92 Å². The molecule has 41 heavy (non-hydrogen) atoms. The van der Waals surface area contributed by atoms with E-state index < -0.39 is 8.07 Å². The van der Waals surface area contributed by atoms with Gasteiger partial charge in [0.25, 0.3) is 0 Å². The van der Waals surface area contributed by atoms with E-state index in [1.54, 1.807) is 6.33 Å². The molecule has 3 aromatic carbocycles. The van der Waals surface area contributed by atoms with Gasteiger partial charge in [-0.15, -0.1) is 0 Å². The van der Waals surface area contributed by atoms with Crippen molar-refractivity contribution in [2.24, 2.45) is 5.92 Å². The van der Waals surface area contributed by atoms with E-state index in [2.05, 4.69) is 128 Å². The second-order valence-electron chi connectivity index (χ2n) is 11.8. The van der Waals surface area contributed by atoms with Gasteiger partial charge in [-0.2, -0.15) is 9.97 Å². The summed E-state index contributed by atoms with van der Waals surface area (Å²) in [5.74, 6) is 0.488. The number of hydrogen-bond acceptors (Lipinski definition) is 5. The molecule has 0 fully saturated rings. The number of benzene rings is 3. The second kappa shape index (κ2) is 12.1. The Hall–Kier alpha value is -3.52. The number of halogens is 1. The van der Waals surface area contributed by atoms with Crippen LogP contribution < -0.4 is 21.3 Å². The topological polar surface area (TPSA) is 78.9 Å². The zero-order valence-electron chi connectivity index (χ0n) is 24.2. The number of aromatic nitrogens is 4. The molecule has 0 saturated carbocycles. The summed E-state index contributed by atoms with van der Waals surface area (Å²) in [6.45, 7) is 11.4.